The van der Waals surface area contributed by atoms with Crippen molar-refractivity contribution in [3.05, 3.63) is 36.5 Å². The molecule has 3 heterocycles. The molecule has 5 nitrogen and oxygen atoms in total. The third kappa shape index (κ3) is 3.36. The van der Waals surface area contributed by atoms with E-state index in [1.165, 1.54) is 0 Å². The number of hydrogen-bond acceptors (Lipinski definition) is 4. The van der Waals surface area contributed by atoms with Gasteiger partial charge in [-0.1, -0.05) is 12.1 Å². The number of benzene rings is 1. The van der Waals surface area contributed by atoms with Crippen molar-refractivity contribution in [2.45, 2.75) is 25.3 Å². The third-order valence-corrected chi connectivity index (χ3v) is 5.07. The predicted molar refractivity (Wildman–Crippen MR) is 96.0 cm³/mol. The third-order valence-electron chi connectivity index (χ3n) is 5.07. The summed E-state index contributed by atoms with van der Waals surface area (Å²) < 4.78 is 0. The van der Waals surface area contributed by atoms with Gasteiger partial charge in [-0.25, -0.2) is 0 Å². The van der Waals surface area contributed by atoms with Crippen LogP contribution in [0.2, 0.25) is 0 Å². The molecule has 0 spiro atoms. The second kappa shape index (κ2) is 6.77. The van der Waals surface area contributed by atoms with Crippen LogP contribution in [0.1, 0.15) is 19.3 Å². The standard InChI is InChI=1S/C19H24N4O/c24-19(23-9-1-2-10-23)14-22-11-7-17(13-22)21-16-6-5-15-4-3-8-20-18(15)12-16/h3-6,8,12,17,21H,1-2,7,9-11,13-14H2/t17-/m1/s1. The summed E-state index contributed by atoms with van der Waals surface area (Å²) in [4.78, 5) is 21.0. The molecular formula is C19H24N4O. The van der Waals surface area contributed by atoms with Crippen LogP contribution in [0.3, 0.4) is 0 Å². The molecule has 0 saturated carbocycles. The minimum Gasteiger partial charge on any atom is -0.381 e. The largest absolute Gasteiger partial charge is 0.381 e. The first kappa shape index (κ1) is 15.4. The van der Waals surface area contributed by atoms with E-state index in [4.69, 9.17) is 0 Å². The molecule has 1 amide bonds. The first-order chi connectivity index (χ1) is 11.8. The van der Waals surface area contributed by atoms with Crippen LogP contribution in [0, 0.1) is 0 Å². The first-order valence-electron chi connectivity index (χ1n) is 8.89. The van der Waals surface area contributed by atoms with Crippen LogP contribution in [0.5, 0.6) is 0 Å². The molecule has 2 aromatic rings. The van der Waals surface area contributed by atoms with E-state index in [2.05, 4.69) is 39.5 Å². The molecule has 126 valence electrons. The topological polar surface area (TPSA) is 48.5 Å². The molecule has 4 rings (SSSR count). The van der Waals surface area contributed by atoms with Crippen LogP contribution in [0.4, 0.5) is 5.69 Å². The number of rotatable bonds is 4. The molecule has 1 aromatic carbocycles. The van der Waals surface area contributed by atoms with Gasteiger partial charge >= 0.3 is 0 Å². The monoisotopic (exact) mass is 324 g/mol. The lowest BCUT2D eigenvalue weighted by atomic mass is 10.2. The summed E-state index contributed by atoms with van der Waals surface area (Å²) in [6.45, 7) is 4.37. The number of nitrogens with zero attached hydrogens (tertiary/aromatic N) is 3. The Kier molecular flexibility index (Phi) is 4.34. The number of carbonyl (C=O) groups is 1. The van der Waals surface area contributed by atoms with Gasteiger partial charge in [0.25, 0.3) is 0 Å². The van der Waals surface area contributed by atoms with Crippen LogP contribution < -0.4 is 5.32 Å². The number of nitrogens with one attached hydrogen (secondary N) is 1. The van der Waals surface area contributed by atoms with Gasteiger partial charge in [0, 0.05) is 49.5 Å². The van der Waals surface area contributed by atoms with Crippen molar-refractivity contribution < 1.29 is 4.79 Å². The lowest BCUT2D eigenvalue weighted by molar-refractivity contribution is -0.131. The van der Waals surface area contributed by atoms with Gasteiger partial charge in [0.1, 0.15) is 0 Å². The molecule has 2 fully saturated rings. The van der Waals surface area contributed by atoms with Gasteiger partial charge in [0.05, 0.1) is 12.1 Å². The van der Waals surface area contributed by atoms with Gasteiger partial charge in [0.2, 0.25) is 5.91 Å². The summed E-state index contributed by atoms with van der Waals surface area (Å²) >= 11 is 0. The maximum absolute atomic E-state index is 12.3. The fourth-order valence-corrected chi connectivity index (χ4v) is 3.74. The molecule has 0 aliphatic carbocycles. The van der Waals surface area contributed by atoms with E-state index in [1.54, 1.807) is 0 Å². The molecule has 0 unspecified atom stereocenters. The average molecular weight is 324 g/mol. The zero-order chi connectivity index (χ0) is 16.4. The van der Waals surface area contributed by atoms with Gasteiger partial charge in [-0.15, -0.1) is 0 Å². The van der Waals surface area contributed by atoms with Gasteiger partial charge in [-0.3, -0.25) is 14.7 Å². The average Bonchev–Trinajstić information content (AvgIpc) is 3.27. The van der Waals surface area contributed by atoms with E-state index >= 15 is 0 Å². The highest BCUT2D eigenvalue weighted by molar-refractivity contribution is 5.82. The Labute approximate surface area is 142 Å². The fourth-order valence-electron chi connectivity index (χ4n) is 3.74. The van der Waals surface area contributed by atoms with Crippen molar-refractivity contribution in [2.24, 2.45) is 0 Å². The lowest BCUT2D eigenvalue weighted by Gasteiger charge is -2.21. The zero-order valence-corrected chi connectivity index (χ0v) is 13.9. The Morgan fingerprint density at radius 1 is 1.21 bits per heavy atom. The van der Waals surface area contributed by atoms with Crippen molar-refractivity contribution >= 4 is 22.5 Å². The molecule has 1 N–H and O–H groups in total. The Morgan fingerprint density at radius 2 is 2.08 bits per heavy atom. The summed E-state index contributed by atoms with van der Waals surface area (Å²) in [6.07, 6.45) is 5.22. The molecule has 1 aromatic heterocycles. The van der Waals surface area contributed by atoms with Crippen LogP contribution in [-0.4, -0.2) is 59.5 Å². The SMILES string of the molecule is O=C(CN1CC[C@@H](Nc2ccc3cccnc3c2)C1)N1CCCC1. The Morgan fingerprint density at radius 3 is 2.96 bits per heavy atom. The summed E-state index contributed by atoms with van der Waals surface area (Å²) in [5.74, 6) is 0.294. The van der Waals surface area contributed by atoms with Crippen LogP contribution in [0.25, 0.3) is 10.9 Å². The van der Waals surface area contributed by atoms with E-state index < -0.39 is 0 Å². The van der Waals surface area contributed by atoms with Crippen molar-refractivity contribution in [1.29, 1.82) is 0 Å². The Bertz CT molecular complexity index is 726. The fraction of sp³-hybridized carbons (Fsp3) is 0.474. The van der Waals surface area contributed by atoms with E-state index in [0.29, 0.717) is 18.5 Å². The Balaban J connectivity index is 1.33. The predicted octanol–water partition coefficient (Wildman–Crippen LogP) is 2.34. The minimum atomic E-state index is 0.294. The molecular weight excluding hydrogens is 300 g/mol. The van der Waals surface area contributed by atoms with E-state index in [9.17, 15) is 4.79 Å². The van der Waals surface area contributed by atoms with Gasteiger partial charge in [0.15, 0.2) is 0 Å². The zero-order valence-electron chi connectivity index (χ0n) is 13.9. The molecule has 1 atom stereocenters. The molecule has 2 aliphatic heterocycles. The van der Waals surface area contributed by atoms with Crippen molar-refractivity contribution in [3.8, 4) is 0 Å². The summed E-state index contributed by atoms with van der Waals surface area (Å²) in [5, 5.41) is 4.76. The summed E-state index contributed by atoms with van der Waals surface area (Å²) in [6, 6.07) is 10.8. The van der Waals surface area contributed by atoms with Gasteiger partial charge < -0.3 is 10.2 Å². The van der Waals surface area contributed by atoms with Gasteiger partial charge in [-0.2, -0.15) is 0 Å². The maximum Gasteiger partial charge on any atom is 0.236 e. The van der Waals surface area contributed by atoms with E-state index in [1.807, 2.05) is 17.2 Å². The number of pyridine rings is 1. The van der Waals surface area contributed by atoms with Crippen molar-refractivity contribution in [1.82, 2.24) is 14.8 Å². The number of hydrogen-bond donors (Lipinski definition) is 1. The number of carbonyl (C=O) groups excluding carboxylic acids is 1. The van der Waals surface area contributed by atoms with E-state index in [-0.39, 0.29) is 0 Å². The molecule has 0 radical (unpaired) electrons. The van der Waals surface area contributed by atoms with Crippen molar-refractivity contribution in [2.75, 3.05) is 38.0 Å². The first-order valence-corrected chi connectivity index (χ1v) is 8.89. The molecule has 24 heavy (non-hydrogen) atoms. The Hall–Kier alpha value is -2.14. The second-order valence-corrected chi connectivity index (χ2v) is 6.86. The minimum absolute atomic E-state index is 0.294. The highest BCUT2D eigenvalue weighted by atomic mass is 16.2. The summed E-state index contributed by atoms with van der Waals surface area (Å²) in [5.41, 5.74) is 2.13. The highest BCUT2D eigenvalue weighted by Gasteiger charge is 2.26. The number of likely N-dealkylation sites (tertiary alicyclic amines) is 2. The van der Waals surface area contributed by atoms with Crippen LogP contribution in [-0.2, 0) is 4.79 Å². The quantitative estimate of drug-likeness (QED) is 0.938. The number of amides is 1. The normalized spacial score (nSPS) is 21.5. The lowest BCUT2D eigenvalue weighted by Crippen LogP contribution is -2.38. The molecule has 2 aliphatic rings. The molecule has 0 bridgehead atoms. The van der Waals surface area contributed by atoms with E-state index in [0.717, 1.165) is 62.0 Å². The van der Waals surface area contributed by atoms with Crippen LogP contribution in [0.15, 0.2) is 36.5 Å². The number of anilines is 1. The second-order valence-electron chi connectivity index (χ2n) is 6.86. The highest BCUT2D eigenvalue weighted by Crippen LogP contribution is 2.20. The van der Waals surface area contributed by atoms with Gasteiger partial charge in [-0.05, 0) is 37.5 Å². The number of fused-ring (bicyclic) bond motifs is 1. The number of aromatic nitrogens is 1. The maximum atomic E-state index is 12.3. The smallest absolute Gasteiger partial charge is 0.236 e. The molecule has 5 heteroatoms. The van der Waals surface area contributed by atoms with Crippen molar-refractivity contribution in [3.63, 3.8) is 0 Å². The molecule has 2 saturated heterocycles. The van der Waals surface area contributed by atoms with Crippen LogP contribution >= 0.6 is 0 Å². The summed E-state index contributed by atoms with van der Waals surface area (Å²) in [7, 11) is 0.